The first kappa shape index (κ1) is 21.6. The molecule has 0 bridgehead atoms. The SMILES string of the molecule is CCCCCCCCCCCCC(O[Si](C)(C)C)C(=O)OC. The minimum Gasteiger partial charge on any atom is -0.467 e. The van der Waals surface area contributed by atoms with Crippen molar-refractivity contribution < 1.29 is 14.0 Å². The smallest absolute Gasteiger partial charge is 0.333 e. The van der Waals surface area contributed by atoms with Crippen molar-refractivity contribution >= 4 is 14.3 Å². The van der Waals surface area contributed by atoms with Gasteiger partial charge in [0.2, 0.25) is 0 Å². The number of ether oxygens (including phenoxy) is 1. The van der Waals surface area contributed by atoms with Gasteiger partial charge in [-0.3, -0.25) is 0 Å². The van der Waals surface area contributed by atoms with E-state index in [0.29, 0.717) is 0 Å². The predicted molar refractivity (Wildman–Crippen MR) is 96.7 cm³/mol. The lowest BCUT2D eigenvalue weighted by Gasteiger charge is -2.24. The second kappa shape index (κ2) is 13.1. The van der Waals surface area contributed by atoms with Gasteiger partial charge in [0.15, 0.2) is 8.32 Å². The summed E-state index contributed by atoms with van der Waals surface area (Å²) in [5, 5.41) is 0. The molecule has 0 N–H and O–H groups in total. The van der Waals surface area contributed by atoms with Crippen LogP contribution >= 0.6 is 0 Å². The first-order valence-corrected chi connectivity index (χ1v) is 12.6. The predicted octanol–water partition coefficient (Wildman–Crippen LogP) is 5.69. The van der Waals surface area contributed by atoms with Crippen LogP contribution in [-0.4, -0.2) is 27.5 Å². The second-order valence-corrected chi connectivity index (χ2v) is 11.7. The zero-order valence-corrected chi connectivity index (χ0v) is 16.6. The van der Waals surface area contributed by atoms with Gasteiger partial charge >= 0.3 is 5.97 Å². The average molecular weight is 331 g/mol. The van der Waals surface area contributed by atoms with E-state index in [2.05, 4.69) is 26.6 Å². The molecule has 0 rings (SSSR count). The van der Waals surface area contributed by atoms with E-state index in [0.717, 1.165) is 12.8 Å². The number of carbonyl (C=O) groups is 1. The maximum absolute atomic E-state index is 11.8. The Morgan fingerprint density at radius 2 is 1.32 bits per heavy atom. The standard InChI is InChI=1S/C18H38O3Si/c1-6-7-8-9-10-11-12-13-14-15-16-17(18(19)20-2)21-22(3,4)5/h17H,6-16H2,1-5H3. The first-order chi connectivity index (χ1) is 10.4. The van der Waals surface area contributed by atoms with Crippen molar-refractivity contribution in [3.8, 4) is 0 Å². The fraction of sp³-hybridized carbons (Fsp3) is 0.944. The lowest BCUT2D eigenvalue weighted by molar-refractivity contribution is -0.149. The summed E-state index contributed by atoms with van der Waals surface area (Å²) in [4.78, 5) is 11.8. The number of carbonyl (C=O) groups excluding carboxylic acids is 1. The molecule has 0 aromatic carbocycles. The van der Waals surface area contributed by atoms with Gasteiger partial charge < -0.3 is 9.16 Å². The summed E-state index contributed by atoms with van der Waals surface area (Å²) in [6.45, 7) is 8.60. The summed E-state index contributed by atoms with van der Waals surface area (Å²) >= 11 is 0. The zero-order valence-electron chi connectivity index (χ0n) is 15.6. The van der Waals surface area contributed by atoms with Gasteiger partial charge in [0, 0.05) is 0 Å². The van der Waals surface area contributed by atoms with E-state index in [9.17, 15) is 4.79 Å². The van der Waals surface area contributed by atoms with E-state index in [1.54, 1.807) is 0 Å². The molecule has 1 atom stereocenters. The van der Waals surface area contributed by atoms with Crippen molar-refractivity contribution in [3.05, 3.63) is 0 Å². The maximum atomic E-state index is 11.8. The summed E-state index contributed by atoms with van der Waals surface area (Å²) < 4.78 is 10.8. The molecular formula is C18H38O3Si. The molecule has 1 unspecified atom stereocenters. The second-order valence-electron chi connectivity index (χ2n) is 7.21. The number of esters is 1. The van der Waals surface area contributed by atoms with Crippen LogP contribution in [0.2, 0.25) is 19.6 Å². The van der Waals surface area contributed by atoms with E-state index in [1.165, 1.54) is 64.9 Å². The van der Waals surface area contributed by atoms with Gasteiger partial charge in [-0.25, -0.2) is 4.79 Å². The van der Waals surface area contributed by atoms with Gasteiger partial charge in [-0.05, 0) is 26.1 Å². The fourth-order valence-electron chi connectivity index (χ4n) is 2.60. The van der Waals surface area contributed by atoms with Crippen molar-refractivity contribution in [2.45, 2.75) is 103 Å². The molecule has 0 radical (unpaired) electrons. The molecule has 0 spiro atoms. The summed E-state index contributed by atoms with van der Waals surface area (Å²) in [7, 11) is -0.252. The van der Waals surface area contributed by atoms with Crippen molar-refractivity contribution in [3.63, 3.8) is 0 Å². The van der Waals surface area contributed by atoms with Crippen molar-refractivity contribution in [2.24, 2.45) is 0 Å². The van der Waals surface area contributed by atoms with Gasteiger partial charge in [0.25, 0.3) is 0 Å². The lowest BCUT2D eigenvalue weighted by atomic mass is 10.0. The summed E-state index contributed by atoms with van der Waals surface area (Å²) in [6.07, 6.45) is 13.5. The molecule has 0 saturated heterocycles. The Hall–Kier alpha value is -0.353. The summed E-state index contributed by atoms with van der Waals surface area (Å²) in [5.74, 6) is -0.210. The number of methoxy groups -OCH3 is 1. The Morgan fingerprint density at radius 1 is 0.864 bits per heavy atom. The Morgan fingerprint density at radius 3 is 1.73 bits per heavy atom. The Bertz CT molecular complexity index is 274. The van der Waals surface area contributed by atoms with Crippen molar-refractivity contribution in [1.29, 1.82) is 0 Å². The molecule has 0 aromatic rings. The Kier molecular flexibility index (Phi) is 12.9. The third kappa shape index (κ3) is 13.3. The molecule has 22 heavy (non-hydrogen) atoms. The van der Waals surface area contributed by atoms with Gasteiger partial charge in [-0.15, -0.1) is 0 Å². The number of unbranched alkanes of at least 4 members (excludes halogenated alkanes) is 9. The van der Waals surface area contributed by atoms with E-state index < -0.39 is 8.32 Å². The highest BCUT2D eigenvalue weighted by Crippen LogP contribution is 2.16. The van der Waals surface area contributed by atoms with Gasteiger partial charge in [-0.1, -0.05) is 71.1 Å². The number of rotatable bonds is 14. The van der Waals surface area contributed by atoms with Crippen LogP contribution < -0.4 is 0 Å². The molecule has 0 heterocycles. The van der Waals surface area contributed by atoms with Crippen LogP contribution in [0.25, 0.3) is 0 Å². The fourth-order valence-corrected chi connectivity index (χ4v) is 3.67. The molecule has 0 aliphatic heterocycles. The van der Waals surface area contributed by atoms with Crippen LogP contribution in [0.1, 0.15) is 77.6 Å². The molecule has 4 heteroatoms. The number of hydrogen-bond donors (Lipinski definition) is 0. The van der Waals surface area contributed by atoms with E-state index in [4.69, 9.17) is 9.16 Å². The monoisotopic (exact) mass is 330 g/mol. The van der Waals surface area contributed by atoms with Crippen LogP contribution in [0.15, 0.2) is 0 Å². The topological polar surface area (TPSA) is 35.5 Å². The first-order valence-electron chi connectivity index (χ1n) is 9.16. The van der Waals surface area contributed by atoms with Gasteiger partial charge in [0.1, 0.15) is 6.10 Å². The Labute approximate surface area is 139 Å². The van der Waals surface area contributed by atoms with Crippen LogP contribution in [0, 0.1) is 0 Å². The Balaban J connectivity index is 3.66. The maximum Gasteiger partial charge on any atom is 0.333 e. The molecule has 0 aliphatic rings. The molecule has 132 valence electrons. The minimum absolute atomic E-state index is 0.210. The lowest BCUT2D eigenvalue weighted by Crippen LogP contribution is -2.37. The van der Waals surface area contributed by atoms with E-state index in [-0.39, 0.29) is 12.1 Å². The van der Waals surface area contributed by atoms with E-state index in [1.807, 2.05) is 0 Å². The quantitative estimate of drug-likeness (QED) is 0.233. The number of hydrogen-bond acceptors (Lipinski definition) is 3. The van der Waals surface area contributed by atoms with E-state index >= 15 is 0 Å². The molecule has 0 aromatic heterocycles. The minimum atomic E-state index is -1.70. The van der Waals surface area contributed by atoms with Gasteiger partial charge in [-0.2, -0.15) is 0 Å². The van der Waals surface area contributed by atoms with Crippen LogP contribution in [0.4, 0.5) is 0 Å². The van der Waals surface area contributed by atoms with Crippen molar-refractivity contribution in [1.82, 2.24) is 0 Å². The van der Waals surface area contributed by atoms with Crippen LogP contribution in [-0.2, 0) is 14.0 Å². The molecule has 0 amide bonds. The normalized spacial score (nSPS) is 13.1. The van der Waals surface area contributed by atoms with Gasteiger partial charge in [0.05, 0.1) is 7.11 Å². The largest absolute Gasteiger partial charge is 0.467 e. The third-order valence-corrected chi connectivity index (χ3v) is 4.77. The van der Waals surface area contributed by atoms with Crippen LogP contribution in [0.5, 0.6) is 0 Å². The highest BCUT2D eigenvalue weighted by atomic mass is 28.4. The molecular weight excluding hydrogens is 292 g/mol. The zero-order chi connectivity index (χ0) is 16.8. The molecule has 3 nitrogen and oxygen atoms in total. The molecule has 0 fully saturated rings. The van der Waals surface area contributed by atoms with Crippen molar-refractivity contribution in [2.75, 3.05) is 7.11 Å². The van der Waals surface area contributed by atoms with Crippen LogP contribution in [0.3, 0.4) is 0 Å². The molecule has 0 aliphatic carbocycles. The average Bonchev–Trinajstić information content (AvgIpc) is 2.46. The summed E-state index contributed by atoms with van der Waals surface area (Å²) in [5.41, 5.74) is 0. The summed E-state index contributed by atoms with van der Waals surface area (Å²) in [6, 6.07) is 0. The third-order valence-electron chi connectivity index (χ3n) is 3.78. The highest BCUT2D eigenvalue weighted by Gasteiger charge is 2.26. The molecule has 0 saturated carbocycles. The highest BCUT2D eigenvalue weighted by molar-refractivity contribution is 6.69.